The molecule has 0 atom stereocenters. The lowest BCUT2D eigenvalue weighted by atomic mass is 10.0. The van der Waals surface area contributed by atoms with Crippen molar-refractivity contribution >= 4 is 0 Å². The molecule has 0 aliphatic heterocycles. The molecule has 1 aromatic carbocycles. The topological polar surface area (TPSA) is 41.6 Å². The molecule has 0 saturated carbocycles. The minimum atomic E-state index is -4.48. The number of hydrogen-bond acceptors (Lipinski definition) is 2. The minimum Gasteiger partial charge on any atom is -0.284 e. The average Bonchev–Trinajstić information content (AvgIpc) is 2.98. The van der Waals surface area contributed by atoms with Crippen LogP contribution in [-0.4, -0.2) is 15.2 Å². The third-order valence-electron chi connectivity index (χ3n) is 3.06. The van der Waals surface area contributed by atoms with Gasteiger partial charge in [-0.1, -0.05) is 36.4 Å². The van der Waals surface area contributed by atoms with Gasteiger partial charge in [0.05, 0.1) is 5.69 Å². The summed E-state index contributed by atoms with van der Waals surface area (Å²) in [6.07, 6.45) is -2.18. The summed E-state index contributed by atoms with van der Waals surface area (Å²) >= 11 is 0. The average molecular weight is 289 g/mol. The minimum absolute atomic E-state index is 0.193. The highest BCUT2D eigenvalue weighted by molar-refractivity contribution is 5.80. The Hall–Kier alpha value is -2.63. The van der Waals surface area contributed by atoms with Gasteiger partial charge in [-0.25, -0.2) is 0 Å². The molecule has 0 amide bonds. The van der Waals surface area contributed by atoms with Crippen LogP contribution in [0.4, 0.5) is 13.2 Å². The van der Waals surface area contributed by atoms with E-state index in [4.69, 9.17) is 0 Å². The summed E-state index contributed by atoms with van der Waals surface area (Å²) in [6.45, 7) is 0. The van der Waals surface area contributed by atoms with Gasteiger partial charge in [-0.3, -0.25) is 10.1 Å². The van der Waals surface area contributed by atoms with Crippen LogP contribution in [0.2, 0.25) is 0 Å². The summed E-state index contributed by atoms with van der Waals surface area (Å²) in [6, 6.07) is 12.5. The Bertz CT molecular complexity index is 748. The summed E-state index contributed by atoms with van der Waals surface area (Å²) in [7, 11) is 0. The molecule has 21 heavy (non-hydrogen) atoms. The van der Waals surface area contributed by atoms with Crippen LogP contribution in [0.1, 0.15) is 5.56 Å². The lowest BCUT2D eigenvalue weighted by Gasteiger charge is -2.10. The summed E-state index contributed by atoms with van der Waals surface area (Å²) < 4.78 is 39.0. The molecule has 1 N–H and O–H groups in total. The maximum absolute atomic E-state index is 13.0. The molecule has 3 rings (SSSR count). The van der Waals surface area contributed by atoms with E-state index in [2.05, 4.69) is 15.2 Å². The summed E-state index contributed by atoms with van der Waals surface area (Å²) in [5, 5.41) is 6.00. The first-order valence-corrected chi connectivity index (χ1v) is 6.19. The van der Waals surface area contributed by atoms with Crippen LogP contribution in [-0.2, 0) is 6.18 Å². The second-order valence-electron chi connectivity index (χ2n) is 4.41. The molecule has 0 fully saturated rings. The molecule has 3 nitrogen and oxygen atoms in total. The Morgan fingerprint density at radius 3 is 2.38 bits per heavy atom. The Morgan fingerprint density at radius 2 is 1.67 bits per heavy atom. The standard InChI is InChI=1S/C15H10F3N3/c16-15(17,18)12-9-20-21-14(12)13-11(7-4-8-19-13)10-5-2-1-3-6-10/h1-9H,(H,20,21). The first kappa shape index (κ1) is 13.4. The van der Waals surface area contributed by atoms with Gasteiger partial charge in [-0.05, 0) is 11.6 Å². The van der Waals surface area contributed by atoms with E-state index in [1.165, 1.54) is 6.20 Å². The molecular weight excluding hydrogens is 279 g/mol. The molecule has 3 aromatic rings. The van der Waals surface area contributed by atoms with E-state index in [0.29, 0.717) is 5.56 Å². The summed E-state index contributed by atoms with van der Waals surface area (Å²) in [5.41, 5.74) is 0.588. The predicted octanol–water partition coefficient (Wildman–Crippen LogP) is 4.16. The molecule has 106 valence electrons. The zero-order valence-corrected chi connectivity index (χ0v) is 10.7. The molecule has 0 radical (unpaired) electrons. The number of aromatic nitrogens is 3. The van der Waals surface area contributed by atoms with Crippen LogP contribution in [0, 0.1) is 0 Å². The van der Waals surface area contributed by atoms with E-state index in [1.54, 1.807) is 12.1 Å². The van der Waals surface area contributed by atoms with Gasteiger partial charge in [0.25, 0.3) is 0 Å². The van der Waals surface area contributed by atoms with Gasteiger partial charge in [0.15, 0.2) is 0 Å². The lowest BCUT2D eigenvalue weighted by Crippen LogP contribution is -2.06. The predicted molar refractivity (Wildman–Crippen MR) is 72.3 cm³/mol. The zero-order valence-electron chi connectivity index (χ0n) is 10.7. The lowest BCUT2D eigenvalue weighted by molar-refractivity contribution is -0.137. The van der Waals surface area contributed by atoms with Gasteiger partial charge in [-0.15, -0.1) is 0 Å². The SMILES string of the molecule is FC(F)(F)c1c[nH]nc1-c1ncccc1-c1ccccc1. The second-order valence-corrected chi connectivity index (χ2v) is 4.41. The van der Waals surface area contributed by atoms with E-state index in [-0.39, 0.29) is 11.4 Å². The van der Waals surface area contributed by atoms with Crippen LogP contribution in [0.5, 0.6) is 0 Å². The largest absolute Gasteiger partial charge is 0.420 e. The van der Waals surface area contributed by atoms with Gasteiger partial charge in [-0.2, -0.15) is 18.3 Å². The number of rotatable bonds is 2. The smallest absolute Gasteiger partial charge is 0.284 e. The Labute approximate surface area is 118 Å². The van der Waals surface area contributed by atoms with Crippen LogP contribution >= 0.6 is 0 Å². The van der Waals surface area contributed by atoms with E-state index < -0.39 is 11.7 Å². The van der Waals surface area contributed by atoms with E-state index in [0.717, 1.165) is 11.8 Å². The van der Waals surface area contributed by atoms with Crippen molar-refractivity contribution < 1.29 is 13.2 Å². The van der Waals surface area contributed by atoms with Crippen LogP contribution < -0.4 is 0 Å². The normalized spacial score (nSPS) is 11.6. The maximum atomic E-state index is 13.0. The quantitative estimate of drug-likeness (QED) is 0.769. The summed E-state index contributed by atoms with van der Waals surface area (Å²) in [5.74, 6) is 0. The van der Waals surface area contributed by atoms with Crippen molar-refractivity contribution in [3.05, 3.63) is 60.4 Å². The number of nitrogens with one attached hydrogen (secondary N) is 1. The van der Waals surface area contributed by atoms with Crippen molar-refractivity contribution in [2.24, 2.45) is 0 Å². The van der Waals surface area contributed by atoms with Crippen molar-refractivity contribution in [3.8, 4) is 22.5 Å². The maximum Gasteiger partial charge on any atom is 0.420 e. The van der Waals surface area contributed by atoms with Gasteiger partial charge in [0.2, 0.25) is 0 Å². The highest BCUT2D eigenvalue weighted by Gasteiger charge is 2.36. The van der Waals surface area contributed by atoms with Gasteiger partial charge in [0.1, 0.15) is 11.3 Å². The molecule has 0 saturated heterocycles. The molecule has 6 heteroatoms. The van der Waals surface area contributed by atoms with E-state index in [1.807, 2.05) is 30.3 Å². The van der Waals surface area contributed by atoms with Gasteiger partial charge in [0, 0.05) is 18.0 Å². The number of halogens is 3. The van der Waals surface area contributed by atoms with Crippen molar-refractivity contribution in [2.45, 2.75) is 6.18 Å². The van der Waals surface area contributed by atoms with Gasteiger partial charge < -0.3 is 0 Å². The van der Waals surface area contributed by atoms with Crippen molar-refractivity contribution in [1.82, 2.24) is 15.2 Å². The number of alkyl halides is 3. The molecule has 0 aliphatic carbocycles. The highest BCUT2D eigenvalue weighted by Crippen LogP contribution is 2.38. The van der Waals surface area contributed by atoms with Crippen LogP contribution in [0.15, 0.2) is 54.9 Å². The molecule has 0 spiro atoms. The van der Waals surface area contributed by atoms with Crippen LogP contribution in [0.3, 0.4) is 0 Å². The van der Waals surface area contributed by atoms with E-state index >= 15 is 0 Å². The fourth-order valence-electron chi connectivity index (χ4n) is 2.13. The third-order valence-corrected chi connectivity index (χ3v) is 3.06. The first-order chi connectivity index (χ1) is 10.1. The summed E-state index contributed by atoms with van der Waals surface area (Å²) in [4.78, 5) is 4.09. The molecule has 2 aromatic heterocycles. The fourth-order valence-corrected chi connectivity index (χ4v) is 2.13. The first-order valence-electron chi connectivity index (χ1n) is 6.19. The number of H-pyrrole nitrogens is 1. The van der Waals surface area contributed by atoms with Crippen molar-refractivity contribution in [2.75, 3.05) is 0 Å². The number of pyridine rings is 1. The molecule has 0 aliphatic rings. The number of nitrogens with zero attached hydrogens (tertiary/aromatic N) is 2. The Balaban J connectivity index is 2.20. The van der Waals surface area contributed by atoms with Crippen molar-refractivity contribution in [3.63, 3.8) is 0 Å². The zero-order chi connectivity index (χ0) is 14.9. The van der Waals surface area contributed by atoms with Crippen LogP contribution in [0.25, 0.3) is 22.5 Å². The molecule has 0 unspecified atom stereocenters. The van der Waals surface area contributed by atoms with E-state index in [9.17, 15) is 13.2 Å². The highest BCUT2D eigenvalue weighted by atomic mass is 19.4. The molecule has 2 heterocycles. The monoisotopic (exact) mass is 289 g/mol. The second kappa shape index (κ2) is 5.05. The fraction of sp³-hybridized carbons (Fsp3) is 0.0667. The number of aromatic amines is 1. The molecule has 0 bridgehead atoms. The van der Waals surface area contributed by atoms with Crippen molar-refractivity contribution in [1.29, 1.82) is 0 Å². The van der Waals surface area contributed by atoms with Gasteiger partial charge >= 0.3 is 6.18 Å². The number of hydrogen-bond donors (Lipinski definition) is 1. The Kier molecular flexibility index (Phi) is 3.21. The third kappa shape index (κ3) is 2.52. The Morgan fingerprint density at radius 1 is 0.905 bits per heavy atom. The number of benzene rings is 1. The molecular formula is C15H10F3N3.